The Kier molecular flexibility index (Phi) is 2.59. The molecule has 0 N–H and O–H groups in total. The van der Waals surface area contributed by atoms with E-state index in [4.69, 9.17) is 0 Å². The summed E-state index contributed by atoms with van der Waals surface area (Å²) in [6, 6.07) is 13.1. The SMILES string of the molecule is Cc1ccncc1Cc1cc[c]cc1. The van der Waals surface area contributed by atoms with Crippen molar-refractivity contribution in [2.24, 2.45) is 0 Å². The Morgan fingerprint density at radius 1 is 1.21 bits per heavy atom. The van der Waals surface area contributed by atoms with Crippen LogP contribution in [-0.4, -0.2) is 4.98 Å². The number of benzene rings is 1. The number of rotatable bonds is 2. The van der Waals surface area contributed by atoms with Gasteiger partial charge >= 0.3 is 0 Å². The van der Waals surface area contributed by atoms with Crippen LogP contribution in [-0.2, 0) is 6.42 Å². The second kappa shape index (κ2) is 4.05. The molecule has 69 valence electrons. The molecule has 1 nitrogen and oxygen atoms in total. The maximum atomic E-state index is 4.13. The molecular weight excluding hydrogens is 170 g/mol. The van der Waals surface area contributed by atoms with Gasteiger partial charge in [-0.25, -0.2) is 0 Å². The predicted molar refractivity (Wildman–Crippen MR) is 57.1 cm³/mol. The van der Waals surface area contributed by atoms with Gasteiger partial charge in [-0.3, -0.25) is 4.98 Å². The molecule has 0 unspecified atom stereocenters. The number of aryl methyl sites for hydroxylation is 1. The third kappa shape index (κ3) is 1.99. The van der Waals surface area contributed by atoms with Crippen LogP contribution in [0.4, 0.5) is 0 Å². The second-order valence-electron chi connectivity index (χ2n) is 3.39. The molecule has 0 spiro atoms. The normalized spacial score (nSPS) is 10.1. The fourth-order valence-electron chi connectivity index (χ4n) is 1.44. The predicted octanol–water partition coefficient (Wildman–Crippen LogP) is 2.78. The first kappa shape index (κ1) is 8.95. The van der Waals surface area contributed by atoms with E-state index in [-0.39, 0.29) is 0 Å². The summed E-state index contributed by atoms with van der Waals surface area (Å²) in [6.45, 7) is 2.12. The second-order valence-corrected chi connectivity index (χ2v) is 3.39. The number of hydrogen-bond acceptors (Lipinski definition) is 1. The summed E-state index contributed by atoms with van der Waals surface area (Å²) >= 11 is 0. The molecule has 2 rings (SSSR count). The maximum absolute atomic E-state index is 4.13. The molecule has 14 heavy (non-hydrogen) atoms. The highest BCUT2D eigenvalue weighted by molar-refractivity contribution is 5.28. The van der Waals surface area contributed by atoms with Crippen molar-refractivity contribution >= 4 is 0 Å². The summed E-state index contributed by atoms with van der Waals surface area (Å²) in [4.78, 5) is 4.13. The molecule has 0 aliphatic rings. The molecule has 0 atom stereocenters. The quantitative estimate of drug-likeness (QED) is 0.696. The molecule has 0 amide bonds. The Labute approximate surface area is 84.4 Å². The van der Waals surface area contributed by atoms with E-state index < -0.39 is 0 Å². The van der Waals surface area contributed by atoms with Crippen LogP contribution >= 0.6 is 0 Å². The van der Waals surface area contributed by atoms with Crippen molar-refractivity contribution < 1.29 is 0 Å². The molecule has 0 bridgehead atoms. The number of nitrogens with zero attached hydrogens (tertiary/aromatic N) is 1. The lowest BCUT2D eigenvalue weighted by Gasteiger charge is -2.04. The summed E-state index contributed by atoms with van der Waals surface area (Å²) in [5.74, 6) is 0. The Morgan fingerprint density at radius 2 is 2.00 bits per heavy atom. The summed E-state index contributed by atoms with van der Waals surface area (Å²) in [5, 5.41) is 0. The largest absolute Gasteiger partial charge is 0.264 e. The minimum atomic E-state index is 0.953. The number of hydrogen-bond donors (Lipinski definition) is 0. The lowest BCUT2D eigenvalue weighted by atomic mass is 10.0. The first-order valence-electron chi connectivity index (χ1n) is 4.71. The molecular formula is C13H12N. The molecule has 0 saturated carbocycles. The minimum Gasteiger partial charge on any atom is -0.264 e. The molecule has 1 aromatic heterocycles. The van der Waals surface area contributed by atoms with Gasteiger partial charge in [0.25, 0.3) is 0 Å². The lowest BCUT2D eigenvalue weighted by Crippen LogP contribution is -1.92. The van der Waals surface area contributed by atoms with Crippen molar-refractivity contribution in [1.82, 2.24) is 4.98 Å². The van der Waals surface area contributed by atoms with Crippen molar-refractivity contribution in [3.05, 3.63) is 65.5 Å². The monoisotopic (exact) mass is 182 g/mol. The van der Waals surface area contributed by atoms with E-state index in [9.17, 15) is 0 Å². The van der Waals surface area contributed by atoms with E-state index in [1.807, 2.05) is 30.6 Å². The van der Waals surface area contributed by atoms with E-state index >= 15 is 0 Å². The lowest BCUT2D eigenvalue weighted by molar-refractivity contribution is 1.11. The third-order valence-corrected chi connectivity index (χ3v) is 2.33. The molecule has 1 radical (unpaired) electrons. The van der Waals surface area contributed by atoms with Crippen molar-refractivity contribution in [2.75, 3.05) is 0 Å². The first-order valence-corrected chi connectivity index (χ1v) is 4.71. The van der Waals surface area contributed by atoms with Gasteiger partial charge in [-0.15, -0.1) is 0 Å². The number of pyridine rings is 1. The summed E-state index contributed by atoms with van der Waals surface area (Å²) in [5.41, 5.74) is 3.89. The topological polar surface area (TPSA) is 12.9 Å². The zero-order valence-electron chi connectivity index (χ0n) is 8.20. The van der Waals surface area contributed by atoms with Gasteiger partial charge < -0.3 is 0 Å². The molecule has 1 heteroatoms. The average Bonchev–Trinajstić information content (AvgIpc) is 2.23. The van der Waals surface area contributed by atoms with E-state index in [2.05, 4.69) is 30.1 Å². The van der Waals surface area contributed by atoms with Crippen LogP contribution in [0.15, 0.2) is 42.7 Å². The zero-order chi connectivity index (χ0) is 9.80. The Bertz CT molecular complexity index is 407. The molecule has 1 heterocycles. The van der Waals surface area contributed by atoms with Gasteiger partial charge in [0.05, 0.1) is 0 Å². The fraction of sp³-hybridized carbons (Fsp3) is 0.154. The molecule has 0 saturated heterocycles. The van der Waals surface area contributed by atoms with Gasteiger partial charge in [-0.05, 0) is 42.2 Å². The molecule has 1 aromatic carbocycles. The summed E-state index contributed by atoms with van der Waals surface area (Å²) < 4.78 is 0. The maximum Gasteiger partial charge on any atom is 0.0305 e. The van der Waals surface area contributed by atoms with Crippen LogP contribution in [0.3, 0.4) is 0 Å². The van der Waals surface area contributed by atoms with Crippen molar-refractivity contribution in [1.29, 1.82) is 0 Å². The van der Waals surface area contributed by atoms with Crippen LogP contribution in [0.1, 0.15) is 16.7 Å². The highest BCUT2D eigenvalue weighted by Gasteiger charge is 1.98. The van der Waals surface area contributed by atoms with Crippen LogP contribution in [0, 0.1) is 13.0 Å². The van der Waals surface area contributed by atoms with E-state index in [1.165, 1.54) is 16.7 Å². The first-order chi connectivity index (χ1) is 6.86. The molecule has 0 aliphatic heterocycles. The zero-order valence-corrected chi connectivity index (χ0v) is 8.20. The van der Waals surface area contributed by atoms with Gasteiger partial charge in [-0.2, -0.15) is 0 Å². The highest BCUT2D eigenvalue weighted by Crippen LogP contribution is 2.11. The Hall–Kier alpha value is -1.63. The highest BCUT2D eigenvalue weighted by atomic mass is 14.6. The minimum absolute atomic E-state index is 0.953. The van der Waals surface area contributed by atoms with Gasteiger partial charge in [0.15, 0.2) is 0 Å². The van der Waals surface area contributed by atoms with Gasteiger partial charge in [-0.1, -0.05) is 24.3 Å². The number of aromatic nitrogens is 1. The van der Waals surface area contributed by atoms with E-state index in [1.54, 1.807) is 0 Å². The van der Waals surface area contributed by atoms with Gasteiger partial charge in [0.2, 0.25) is 0 Å². The third-order valence-electron chi connectivity index (χ3n) is 2.33. The average molecular weight is 182 g/mol. The Balaban J connectivity index is 2.24. The van der Waals surface area contributed by atoms with Gasteiger partial charge in [0, 0.05) is 12.4 Å². The standard InChI is InChI=1S/C13H12N/c1-11-7-8-14-10-13(11)9-12-5-3-2-4-6-12/h3-8,10H,9H2,1H3. The van der Waals surface area contributed by atoms with Crippen LogP contribution in [0.25, 0.3) is 0 Å². The molecule has 2 aromatic rings. The van der Waals surface area contributed by atoms with E-state index in [0.717, 1.165) is 6.42 Å². The molecule has 0 fully saturated rings. The Morgan fingerprint density at radius 3 is 2.71 bits per heavy atom. The summed E-state index contributed by atoms with van der Waals surface area (Å²) in [6.07, 6.45) is 4.72. The van der Waals surface area contributed by atoms with E-state index in [0.29, 0.717) is 0 Å². The van der Waals surface area contributed by atoms with Crippen LogP contribution < -0.4 is 0 Å². The smallest absolute Gasteiger partial charge is 0.0305 e. The van der Waals surface area contributed by atoms with Crippen molar-refractivity contribution in [3.63, 3.8) is 0 Å². The van der Waals surface area contributed by atoms with Crippen LogP contribution in [0.2, 0.25) is 0 Å². The molecule has 0 aliphatic carbocycles. The summed E-state index contributed by atoms with van der Waals surface area (Å²) in [7, 11) is 0. The van der Waals surface area contributed by atoms with Gasteiger partial charge in [0.1, 0.15) is 0 Å². The van der Waals surface area contributed by atoms with Crippen LogP contribution in [0.5, 0.6) is 0 Å². The van der Waals surface area contributed by atoms with Crippen molar-refractivity contribution in [3.8, 4) is 0 Å². The van der Waals surface area contributed by atoms with Crippen molar-refractivity contribution in [2.45, 2.75) is 13.3 Å². The fourth-order valence-corrected chi connectivity index (χ4v) is 1.44.